The molecule has 2 rings (SSSR count). The number of imidazole rings is 1. The van der Waals surface area contributed by atoms with Gasteiger partial charge in [-0.1, -0.05) is 0 Å². The molecule has 0 aliphatic heterocycles. The van der Waals surface area contributed by atoms with Gasteiger partial charge in [0.25, 0.3) is 0 Å². The Balaban J connectivity index is 2.87. The quantitative estimate of drug-likeness (QED) is 0.679. The van der Waals surface area contributed by atoms with Crippen molar-refractivity contribution in [2.75, 3.05) is 0 Å². The fourth-order valence-corrected chi connectivity index (χ4v) is 1.38. The van der Waals surface area contributed by atoms with Gasteiger partial charge in [0, 0.05) is 0 Å². The first-order valence-corrected chi connectivity index (χ1v) is 4.18. The Hall–Kier alpha value is -2.57. The zero-order chi connectivity index (χ0) is 11.9. The van der Waals surface area contributed by atoms with E-state index in [1.54, 1.807) is 0 Å². The van der Waals surface area contributed by atoms with Crippen LogP contribution in [0.2, 0.25) is 0 Å². The third-order valence-corrected chi connectivity index (χ3v) is 2.02. The lowest BCUT2D eigenvalue weighted by molar-refractivity contribution is 0.0682. The van der Waals surface area contributed by atoms with Crippen molar-refractivity contribution in [3.63, 3.8) is 0 Å². The molecule has 0 fully saturated rings. The largest absolute Gasteiger partial charge is 0.506 e. The van der Waals surface area contributed by atoms with E-state index in [0.717, 1.165) is 10.6 Å². The van der Waals surface area contributed by atoms with Crippen molar-refractivity contribution in [2.45, 2.75) is 0 Å². The average Bonchev–Trinajstić information content (AvgIpc) is 2.56. The molecule has 0 aromatic carbocycles. The van der Waals surface area contributed by atoms with E-state index < -0.39 is 17.8 Å². The molecule has 0 amide bonds. The van der Waals surface area contributed by atoms with Crippen LogP contribution in [0.5, 0.6) is 5.75 Å². The molecule has 0 bridgehead atoms. The molecule has 82 valence electrons. The number of nitrogens with zero attached hydrogens (tertiary/aromatic N) is 2. The van der Waals surface area contributed by atoms with Crippen LogP contribution in [0, 0.1) is 0 Å². The minimum Gasteiger partial charge on any atom is -0.506 e. The van der Waals surface area contributed by atoms with Crippen LogP contribution in [0.3, 0.4) is 0 Å². The van der Waals surface area contributed by atoms with E-state index in [1.807, 2.05) is 0 Å². The number of hydrogen-bond donors (Lipinski definition) is 3. The second kappa shape index (κ2) is 3.23. The minimum absolute atomic E-state index is 0.114. The van der Waals surface area contributed by atoms with Gasteiger partial charge < -0.3 is 15.3 Å². The van der Waals surface area contributed by atoms with Crippen molar-refractivity contribution in [3.8, 4) is 5.75 Å². The van der Waals surface area contributed by atoms with Gasteiger partial charge in [0.1, 0.15) is 5.75 Å². The van der Waals surface area contributed by atoms with Crippen LogP contribution in [-0.2, 0) is 0 Å². The summed E-state index contributed by atoms with van der Waals surface area (Å²) in [4.78, 5) is 25.1. The van der Waals surface area contributed by atoms with Crippen molar-refractivity contribution < 1.29 is 24.9 Å². The van der Waals surface area contributed by atoms with E-state index in [0.29, 0.717) is 0 Å². The Bertz CT molecular complexity index is 601. The van der Waals surface area contributed by atoms with Gasteiger partial charge in [-0.2, -0.15) is 0 Å². The lowest BCUT2D eigenvalue weighted by Gasteiger charge is -1.97. The molecule has 2 aromatic heterocycles. The Morgan fingerprint density at radius 2 is 1.88 bits per heavy atom. The summed E-state index contributed by atoms with van der Waals surface area (Å²) < 4.78 is 1.01. The molecule has 0 aliphatic rings. The van der Waals surface area contributed by atoms with Crippen LogP contribution in [0.4, 0.5) is 0 Å². The molecule has 0 spiro atoms. The van der Waals surface area contributed by atoms with Gasteiger partial charge in [-0.05, 0) is 12.1 Å². The standard InChI is InChI=1S/C9H6N2O5/c12-4-1-2-5-6(8(13)14)10-7(9(15)16)11(5)3-4/h1-3,12H,(H,13,14)(H,15,16). The smallest absolute Gasteiger partial charge is 0.372 e. The molecule has 0 aliphatic carbocycles. The van der Waals surface area contributed by atoms with E-state index in [9.17, 15) is 14.7 Å². The van der Waals surface area contributed by atoms with E-state index in [1.165, 1.54) is 12.1 Å². The highest BCUT2D eigenvalue weighted by atomic mass is 16.4. The molecule has 0 unspecified atom stereocenters. The lowest BCUT2D eigenvalue weighted by atomic mass is 10.3. The number of carbonyl (C=O) groups is 2. The maximum absolute atomic E-state index is 10.8. The third-order valence-electron chi connectivity index (χ3n) is 2.02. The van der Waals surface area contributed by atoms with Gasteiger partial charge in [-0.25, -0.2) is 14.6 Å². The van der Waals surface area contributed by atoms with Crippen LogP contribution in [0.25, 0.3) is 5.52 Å². The van der Waals surface area contributed by atoms with Gasteiger partial charge in [0.15, 0.2) is 5.69 Å². The highest BCUT2D eigenvalue weighted by Crippen LogP contribution is 2.17. The third kappa shape index (κ3) is 1.34. The number of fused-ring (bicyclic) bond motifs is 1. The van der Waals surface area contributed by atoms with E-state index in [-0.39, 0.29) is 17.0 Å². The van der Waals surface area contributed by atoms with Crippen LogP contribution in [-0.4, -0.2) is 36.6 Å². The Morgan fingerprint density at radius 3 is 2.44 bits per heavy atom. The van der Waals surface area contributed by atoms with Gasteiger partial charge >= 0.3 is 11.9 Å². The number of carboxylic acid groups (broad SMARTS) is 2. The van der Waals surface area contributed by atoms with Crippen LogP contribution in [0.1, 0.15) is 21.1 Å². The topological polar surface area (TPSA) is 112 Å². The molecule has 0 radical (unpaired) electrons. The molecule has 7 heteroatoms. The predicted molar refractivity (Wildman–Crippen MR) is 50.8 cm³/mol. The van der Waals surface area contributed by atoms with Crippen molar-refractivity contribution in [1.82, 2.24) is 9.38 Å². The van der Waals surface area contributed by atoms with Crippen molar-refractivity contribution >= 4 is 17.5 Å². The second-order valence-corrected chi connectivity index (χ2v) is 3.04. The number of carboxylic acids is 2. The Labute approximate surface area is 88.2 Å². The summed E-state index contributed by atoms with van der Waals surface area (Å²) >= 11 is 0. The van der Waals surface area contributed by atoms with Crippen LogP contribution < -0.4 is 0 Å². The Kier molecular flexibility index (Phi) is 2.01. The number of hydrogen-bond acceptors (Lipinski definition) is 4. The summed E-state index contributed by atoms with van der Waals surface area (Å²) in [6.07, 6.45) is 1.10. The fraction of sp³-hybridized carbons (Fsp3) is 0. The predicted octanol–water partition coefficient (Wildman–Crippen LogP) is 0.436. The van der Waals surface area contributed by atoms with E-state index >= 15 is 0 Å². The monoisotopic (exact) mass is 222 g/mol. The molecule has 2 heterocycles. The zero-order valence-electron chi connectivity index (χ0n) is 7.78. The number of aromatic nitrogens is 2. The summed E-state index contributed by atoms with van der Waals surface area (Å²) in [5, 5.41) is 26.8. The minimum atomic E-state index is -1.37. The Morgan fingerprint density at radius 1 is 1.19 bits per heavy atom. The maximum atomic E-state index is 10.8. The van der Waals surface area contributed by atoms with Crippen LogP contribution in [0.15, 0.2) is 18.3 Å². The SMILES string of the molecule is O=C(O)c1nc(C(=O)O)n2cc(O)ccc12. The second-order valence-electron chi connectivity index (χ2n) is 3.04. The first-order chi connectivity index (χ1) is 7.50. The summed E-state index contributed by atoms with van der Waals surface area (Å²) in [5.74, 6) is -3.32. The van der Waals surface area contributed by atoms with E-state index in [2.05, 4.69) is 4.98 Å². The van der Waals surface area contributed by atoms with Gasteiger partial charge in [-0.3, -0.25) is 4.40 Å². The van der Waals surface area contributed by atoms with Gasteiger partial charge in [0.2, 0.25) is 5.82 Å². The zero-order valence-corrected chi connectivity index (χ0v) is 7.78. The first kappa shape index (κ1) is 9.97. The number of aromatic hydroxyl groups is 1. The number of pyridine rings is 1. The van der Waals surface area contributed by atoms with Crippen molar-refractivity contribution in [2.24, 2.45) is 0 Å². The molecule has 0 saturated carbocycles. The number of rotatable bonds is 2. The molecule has 2 aromatic rings. The molecule has 7 nitrogen and oxygen atoms in total. The molecular weight excluding hydrogens is 216 g/mol. The maximum Gasteiger partial charge on any atom is 0.372 e. The molecule has 0 saturated heterocycles. The van der Waals surface area contributed by atoms with E-state index in [4.69, 9.17) is 10.2 Å². The normalized spacial score (nSPS) is 10.5. The van der Waals surface area contributed by atoms with Crippen LogP contribution >= 0.6 is 0 Å². The highest BCUT2D eigenvalue weighted by molar-refractivity contribution is 5.96. The highest BCUT2D eigenvalue weighted by Gasteiger charge is 2.20. The van der Waals surface area contributed by atoms with Gasteiger partial charge in [-0.15, -0.1) is 0 Å². The van der Waals surface area contributed by atoms with Gasteiger partial charge in [0.05, 0.1) is 11.7 Å². The molecule has 16 heavy (non-hydrogen) atoms. The molecule has 3 N–H and O–H groups in total. The fourth-order valence-electron chi connectivity index (χ4n) is 1.38. The summed E-state index contributed by atoms with van der Waals surface area (Å²) in [5.41, 5.74) is -0.250. The molecule has 0 atom stereocenters. The first-order valence-electron chi connectivity index (χ1n) is 4.18. The average molecular weight is 222 g/mol. The summed E-state index contributed by atoms with van der Waals surface area (Å²) in [6, 6.07) is 2.55. The summed E-state index contributed by atoms with van der Waals surface area (Å²) in [7, 11) is 0. The number of aromatic carboxylic acids is 2. The van der Waals surface area contributed by atoms with Crippen molar-refractivity contribution in [3.05, 3.63) is 29.8 Å². The molecular formula is C9H6N2O5. The van der Waals surface area contributed by atoms with Crippen molar-refractivity contribution in [1.29, 1.82) is 0 Å². The lowest BCUT2D eigenvalue weighted by Crippen LogP contribution is -2.03. The summed E-state index contributed by atoms with van der Waals surface area (Å²) in [6.45, 7) is 0.